The molecule has 0 amide bonds. The molecule has 1 aromatic carbocycles. The molecule has 0 bridgehead atoms. The van der Waals surface area contributed by atoms with Crippen LogP contribution in [0.2, 0.25) is 0 Å². The molecule has 0 spiro atoms. The van der Waals surface area contributed by atoms with Gasteiger partial charge < -0.3 is 9.84 Å². The number of nitrogens with zero attached hydrogens (tertiary/aromatic N) is 2. The van der Waals surface area contributed by atoms with E-state index >= 15 is 0 Å². The van der Waals surface area contributed by atoms with Crippen molar-refractivity contribution < 1.29 is 9.84 Å². The summed E-state index contributed by atoms with van der Waals surface area (Å²) in [6, 6.07) is 11.6. The third-order valence-electron chi connectivity index (χ3n) is 3.06. The maximum absolute atomic E-state index is 10.4. The van der Waals surface area contributed by atoms with Crippen molar-refractivity contribution in [3.8, 4) is 5.88 Å². The summed E-state index contributed by atoms with van der Waals surface area (Å²) in [5.41, 5.74) is 1.66. The lowest BCUT2D eigenvalue weighted by molar-refractivity contribution is 0.173. The first-order valence-electron chi connectivity index (χ1n) is 6.29. The van der Waals surface area contributed by atoms with Gasteiger partial charge in [-0.25, -0.2) is 9.97 Å². The monoisotopic (exact) mass is 286 g/mol. The first-order valence-corrected chi connectivity index (χ1v) is 7.11. The quantitative estimate of drug-likeness (QED) is 0.801. The van der Waals surface area contributed by atoms with Crippen LogP contribution in [-0.2, 0) is 6.42 Å². The van der Waals surface area contributed by atoms with Gasteiger partial charge in [0.15, 0.2) is 0 Å². The van der Waals surface area contributed by atoms with Crippen molar-refractivity contribution in [2.45, 2.75) is 12.5 Å². The van der Waals surface area contributed by atoms with Crippen LogP contribution in [0.3, 0.4) is 0 Å². The molecule has 1 unspecified atom stereocenters. The van der Waals surface area contributed by atoms with E-state index in [-0.39, 0.29) is 0 Å². The molecule has 102 valence electrons. The Morgan fingerprint density at radius 2 is 2.10 bits per heavy atom. The second-order valence-electron chi connectivity index (χ2n) is 4.40. The van der Waals surface area contributed by atoms with E-state index in [1.54, 1.807) is 30.7 Å². The highest BCUT2D eigenvalue weighted by atomic mass is 32.1. The van der Waals surface area contributed by atoms with Gasteiger partial charge in [0.1, 0.15) is 0 Å². The van der Waals surface area contributed by atoms with Crippen LogP contribution in [0.5, 0.6) is 5.88 Å². The molecular formula is C15H14N2O2S. The molecule has 1 atom stereocenters. The van der Waals surface area contributed by atoms with Gasteiger partial charge in [-0.15, -0.1) is 11.3 Å². The molecular weight excluding hydrogens is 272 g/mol. The third-order valence-corrected chi connectivity index (χ3v) is 4.12. The SMILES string of the molecule is COc1ncccc1C(O)Cc1nc2ccccc2s1. The van der Waals surface area contributed by atoms with E-state index in [2.05, 4.69) is 9.97 Å². The zero-order valence-electron chi connectivity index (χ0n) is 11.0. The summed E-state index contributed by atoms with van der Waals surface area (Å²) in [5.74, 6) is 0.459. The second kappa shape index (κ2) is 5.56. The van der Waals surface area contributed by atoms with Crippen molar-refractivity contribution in [2.75, 3.05) is 7.11 Å². The molecule has 0 fully saturated rings. The molecule has 2 aromatic heterocycles. The van der Waals surface area contributed by atoms with E-state index in [9.17, 15) is 5.11 Å². The number of methoxy groups -OCH3 is 1. The Morgan fingerprint density at radius 3 is 2.90 bits per heavy atom. The molecule has 0 aliphatic rings. The number of aromatic nitrogens is 2. The van der Waals surface area contributed by atoms with Crippen molar-refractivity contribution >= 4 is 21.6 Å². The normalized spacial score (nSPS) is 12.5. The summed E-state index contributed by atoms with van der Waals surface area (Å²) >= 11 is 1.60. The number of hydrogen-bond donors (Lipinski definition) is 1. The lowest BCUT2D eigenvalue weighted by atomic mass is 10.1. The van der Waals surface area contributed by atoms with E-state index in [1.165, 1.54) is 0 Å². The minimum Gasteiger partial charge on any atom is -0.481 e. The van der Waals surface area contributed by atoms with Crippen molar-refractivity contribution in [3.63, 3.8) is 0 Å². The zero-order chi connectivity index (χ0) is 13.9. The van der Waals surface area contributed by atoms with Crippen molar-refractivity contribution in [1.29, 1.82) is 0 Å². The van der Waals surface area contributed by atoms with E-state index in [1.807, 2.05) is 30.3 Å². The number of pyridine rings is 1. The number of benzene rings is 1. The minimum atomic E-state index is -0.667. The maximum atomic E-state index is 10.4. The standard InChI is InChI=1S/C15H14N2O2S/c1-19-15-10(5-4-8-16-15)12(18)9-14-17-11-6-2-3-7-13(11)20-14/h2-8,12,18H,9H2,1H3. The molecule has 1 N–H and O–H groups in total. The smallest absolute Gasteiger partial charge is 0.218 e. The molecule has 2 heterocycles. The van der Waals surface area contributed by atoms with Crippen molar-refractivity contribution in [3.05, 3.63) is 53.2 Å². The zero-order valence-corrected chi connectivity index (χ0v) is 11.8. The number of aliphatic hydroxyl groups excluding tert-OH is 1. The fraction of sp³-hybridized carbons (Fsp3) is 0.200. The highest BCUT2D eigenvalue weighted by Gasteiger charge is 2.16. The molecule has 0 aliphatic heterocycles. The summed E-state index contributed by atoms with van der Waals surface area (Å²) in [6.45, 7) is 0. The van der Waals surface area contributed by atoms with Gasteiger partial charge in [0, 0.05) is 18.2 Å². The van der Waals surface area contributed by atoms with Crippen LogP contribution in [0.15, 0.2) is 42.6 Å². The van der Waals surface area contributed by atoms with Crippen LogP contribution < -0.4 is 4.74 Å². The van der Waals surface area contributed by atoms with Crippen LogP contribution in [0.25, 0.3) is 10.2 Å². The van der Waals surface area contributed by atoms with Gasteiger partial charge in [-0.3, -0.25) is 0 Å². The van der Waals surface area contributed by atoms with Crippen LogP contribution in [0.1, 0.15) is 16.7 Å². The van der Waals surface area contributed by atoms with Crippen LogP contribution in [0.4, 0.5) is 0 Å². The Bertz CT molecular complexity index is 693. The van der Waals surface area contributed by atoms with Gasteiger partial charge >= 0.3 is 0 Å². The van der Waals surface area contributed by atoms with Gasteiger partial charge in [-0.2, -0.15) is 0 Å². The van der Waals surface area contributed by atoms with Crippen LogP contribution in [-0.4, -0.2) is 22.2 Å². The Balaban J connectivity index is 1.86. The van der Waals surface area contributed by atoms with E-state index in [0.717, 1.165) is 15.2 Å². The molecule has 5 heteroatoms. The van der Waals surface area contributed by atoms with Gasteiger partial charge in [-0.1, -0.05) is 12.1 Å². The molecule has 3 rings (SSSR count). The summed E-state index contributed by atoms with van der Waals surface area (Å²) in [4.78, 5) is 8.63. The maximum Gasteiger partial charge on any atom is 0.218 e. The van der Waals surface area contributed by atoms with E-state index in [4.69, 9.17) is 4.74 Å². The molecule has 0 aliphatic carbocycles. The molecule has 0 saturated carbocycles. The van der Waals surface area contributed by atoms with Crippen molar-refractivity contribution in [2.24, 2.45) is 0 Å². The highest BCUT2D eigenvalue weighted by molar-refractivity contribution is 7.18. The van der Waals surface area contributed by atoms with Crippen LogP contribution >= 0.6 is 11.3 Å². The number of para-hydroxylation sites is 1. The lowest BCUT2D eigenvalue weighted by Crippen LogP contribution is -2.04. The lowest BCUT2D eigenvalue weighted by Gasteiger charge is -2.12. The van der Waals surface area contributed by atoms with Gasteiger partial charge in [-0.05, 0) is 24.3 Å². The topological polar surface area (TPSA) is 55.2 Å². The summed E-state index contributed by atoms with van der Waals surface area (Å²) < 4.78 is 6.31. The van der Waals surface area contributed by atoms with Crippen molar-refractivity contribution in [1.82, 2.24) is 9.97 Å². The number of ether oxygens (including phenoxy) is 1. The Hall–Kier alpha value is -1.98. The Labute approximate surface area is 120 Å². The van der Waals surface area contributed by atoms with Gasteiger partial charge in [0.25, 0.3) is 0 Å². The molecule has 4 nitrogen and oxygen atoms in total. The second-order valence-corrected chi connectivity index (χ2v) is 5.51. The summed E-state index contributed by atoms with van der Waals surface area (Å²) in [6.07, 6.45) is 1.44. The average Bonchev–Trinajstić information content (AvgIpc) is 2.89. The molecule has 0 saturated heterocycles. The van der Waals surface area contributed by atoms with E-state index < -0.39 is 6.10 Å². The first kappa shape index (κ1) is 13.0. The van der Waals surface area contributed by atoms with Gasteiger partial charge in [0.05, 0.1) is 28.4 Å². The molecule has 20 heavy (non-hydrogen) atoms. The highest BCUT2D eigenvalue weighted by Crippen LogP contribution is 2.29. The molecule has 3 aromatic rings. The fourth-order valence-electron chi connectivity index (χ4n) is 2.11. The number of fused-ring (bicyclic) bond motifs is 1. The summed E-state index contributed by atoms with van der Waals surface area (Å²) in [5, 5.41) is 11.3. The number of thiazole rings is 1. The molecule has 0 radical (unpaired) electrons. The number of hydrogen-bond acceptors (Lipinski definition) is 5. The third kappa shape index (κ3) is 2.50. The van der Waals surface area contributed by atoms with Gasteiger partial charge in [0.2, 0.25) is 5.88 Å². The Kier molecular flexibility index (Phi) is 3.62. The van der Waals surface area contributed by atoms with E-state index in [0.29, 0.717) is 17.9 Å². The number of rotatable bonds is 4. The average molecular weight is 286 g/mol. The number of aliphatic hydroxyl groups is 1. The largest absolute Gasteiger partial charge is 0.481 e. The fourth-order valence-corrected chi connectivity index (χ4v) is 3.11. The predicted molar refractivity (Wildman–Crippen MR) is 79.1 cm³/mol. The first-order chi connectivity index (χ1) is 9.78. The minimum absolute atomic E-state index is 0.459. The van der Waals surface area contributed by atoms with Crippen LogP contribution in [0, 0.1) is 0 Å². The predicted octanol–water partition coefficient (Wildman–Crippen LogP) is 2.98. The Morgan fingerprint density at radius 1 is 1.25 bits per heavy atom. The summed E-state index contributed by atoms with van der Waals surface area (Å²) in [7, 11) is 1.55.